The molecule has 1 unspecified atom stereocenters. The van der Waals surface area contributed by atoms with E-state index in [2.05, 4.69) is 36.9 Å². The van der Waals surface area contributed by atoms with Crippen molar-refractivity contribution in [3.8, 4) is 0 Å². The first kappa shape index (κ1) is 14.3. The maximum Gasteiger partial charge on any atom is 0.189 e. The first-order chi connectivity index (χ1) is 10.3. The molecule has 0 saturated carbocycles. The molecule has 7 nitrogen and oxygen atoms in total. The molecule has 1 saturated heterocycles. The van der Waals surface area contributed by atoms with Gasteiger partial charge in [0, 0.05) is 25.6 Å². The fourth-order valence-corrected chi connectivity index (χ4v) is 3.30. The van der Waals surface area contributed by atoms with Gasteiger partial charge in [-0.15, -0.1) is 10.2 Å². The van der Waals surface area contributed by atoms with Crippen molar-refractivity contribution in [1.29, 1.82) is 0 Å². The molecular formula is C14H25N7. The molecule has 21 heavy (non-hydrogen) atoms. The van der Waals surface area contributed by atoms with Crippen LogP contribution in [0.3, 0.4) is 0 Å². The molecular weight excluding hydrogens is 266 g/mol. The molecule has 3 N–H and O–H groups in total. The van der Waals surface area contributed by atoms with E-state index < -0.39 is 0 Å². The summed E-state index contributed by atoms with van der Waals surface area (Å²) in [6, 6.07) is 0.584. The third-order valence-corrected chi connectivity index (χ3v) is 4.50. The number of nitrogens with two attached hydrogens (primary N) is 1. The van der Waals surface area contributed by atoms with Crippen molar-refractivity contribution < 1.29 is 0 Å². The van der Waals surface area contributed by atoms with E-state index in [-0.39, 0.29) is 0 Å². The van der Waals surface area contributed by atoms with Crippen LogP contribution in [0, 0.1) is 0 Å². The van der Waals surface area contributed by atoms with E-state index in [1.165, 1.54) is 19.4 Å². The van der Waals surface area contributed by atoms with Gasteiger partial charge < -0.3 is 15.6 Å². The lowest BCUT2D eigenvalue weighted by Gasteiger charge is -2.23. The lowest BCUT2D eigenvalue weighted by atomic mass is 10.2. The molecule has 2 aliphatic rings. The van der Waals surface area contributed by atoms with Gasteiger partial charge in [-0.1, -0.05) is 6.92 Å². The molecule has 0 radical (unpaired) electrons. The molecule has 0 aromatic carbocycles. The monoisotopic (exact) mass is 291 g/mol. The Labute approximate surface area is 125 Å². The molecule has 1 aromatic rings. The molecule has 1 atom stereocenters. The van der Waals surface area contributed by atoms with Crippen LogP contribution < -0.4 is 11.1 Å². The van der Waals surface area contributed by atoms with Crippen LogP contribution in [0.25, 0.3) is 0 Å². The van der Waals surface area contributed by atoms with Gasteiger partial charge in [0.15, 0.2) is 11.8 Å². The van der Waals surface area contributed by atoms with Gasteiger partial charge in [0.2, 0.25) is 0 Å². The second kappa shape index (κ2) is 6.43. The van der Waals surface area contributed by atoms with Gasteiger partial charge in [0.25, 0.3) is 0 Å². The molecule has 3 heterocycles. The number of rotatable bonds is 5. The first-order valence-electron chi connectivity index (χ1n) is 7.96. The molecule has 0 spiro atoms. The summed E-state index contributed by atoms with van der Waals surface area (Å²) in [5.41, 5.74) is 5.96. The molecule has 1 aromatic heterocycles. The van der Waals surface area contributed by atoms with Crippen molar-refractivity contribution in [1.82, 2.24) is 25.0 Å². The topological polar surface area (TPSA) is 84.4 Å². The number of likely N-dealkylation sites (tertiary alicyclic amines) is 1. The molecule has 0 bridgehead atoms. The Balaban J connectivity index is 1.49. The number of likely N-dealkylation sites (N-methyl/N-ethyl adjacent to an activating group) is 1. The maximum absolute atomic E-state index is 5.96. The second-order valence-electron chi connectivity index (χ2n) is 5.79. The number of hydrogen-bond donors (Lipinski definition) is 2. The van der Waals surface area contributed by atoms with E-state index in [4.69, 9.17) is 5.73 Å². The molecule has 7 heteroatoms. The minimum absolute atomic E-state index is 0.508. The molecule has 0 amide bonds. The highest BCUT2D eigenvalue weighted by Crippen LogP contribution is 2.16. The van der Waals surface area contributed by atoms with E-state index in [0.29, 0.717) is 18.5 Å². The third-order valence-electron chi connectivity index (χ3n) is 4.50. The van der Waals surface area contributed by atoms with Gasteiger partial charge in [-0.05, 0) is 32.4 Å². The number of aryl methyl sites for hydroxylation is 1. The average Bonchev–Trinajstić information content (AvgIpc) is 3.19. The summed E-state index contributed by atoms with van der Waals surface area (Å²) in [6.07, 6.45) is 4.71. The van der Waals surface area contributed by atoms with Gasteiger partial charge in [-0.25, -0.2) is 4.99 Å². The fraction of sp³-hybridized carbons (Fsp3) is 0.786. The van der Waals surface area contributed by atoms with Gasteiger partial charge in [0.05, 0.1) is 0 Å². The van der Waals surface area contributed by atoms with Crippen molar-refractivity contribution in [2.45, 2.75) is 51.7 Å². The van der Waals surface area contributed by atoms with Crippen LogP contribution in [0.15, 0.2) is 4.99 Å². The summed E-state index contributed by atoms with van der Waals surface area (Å²) in [4.78, 5) is 6.89. The Morgan fingerprint density at radius 1 is 1.38 bits per heavy atom. The quantitative estimate of drug-likeness (QED) is 0.594. The van der Waals surface area contributed by atoms with Crippen LogP contribution in [-0.2, 0) is 19.5 Å². The van der Waals surface area contributed by atoms with Crippen molar-refractivity contribution in [2.24, 2.45) is 10.7 Å². The van der Waals surface area contributed by atoms with Crippen molar-refractivity contribution in [2.75, 3.05) is 19.6 Å². The highest BCUT2D eigenvalue weighted by molar-refractivity contribution is 5.77. The van der Waals surface area contributed by atoms with Crippen LogP contribution in [0.4, 0.5) is 0 Å². The van der Waals surface area contributed by atoms with E-state index >= 15 is 0 Å². The highest BCUT2D eigenvalue weighted by Gasteiger charge is 2.22. The minimum Gasteiger partial charge on any atom is -0.370 e. The van der Waals surface area contributed by atoms with E-state index in [0.717, 1.165) is 44.1 Å². The number of aliphatic imine (C=N–C) groups is 1. The van der Waals surface area contributed by atoms with Crippen molar-refractivity contribution in [3.63, 3.8) is 0 Å². The Kier molecular flexibility index (Phi) is 4.38. The molecule has 3 rings (SSSR count). The van der Waals surface area contributed by atoms with Gasteiger partial charge >= 0.3 is 0 Å². The summed E-state index contributed by atoms with van der Waals surface area (Å²) in [6.45, 7) is 6.91. The predicted octanol–water partition coefficient (Wildman–Crippen LogP) is 0.113. The van der Waals surface area contributed by atoms with Crippen molar-refractivity contribution >= 4 is 5.96 Å². The molecule has 1 fully saturated rings. The number of nitrogens with one attached hydrogen (secondary N) is 1. The van der Waals surface area contributed by atoms with Crippen LogP contribution in [0.5, 0.6) is 0 Å². The smallest absolute Gasteiger partial charge is 0.189 e. The van der Waals surface area contributed by atoms with Gasteiger partial charge in [-0.3, -0.25) is 4.90 Å². The van der Waals surface area contributed by atoms with E-state index in [1.807, 2.05) is 0 Å². The fourth-order valence-electron chi connectivity index (χ4n) is 3.30. The van der Waals surface area contributed by atoms with Crippen molar-refractivity contribution in [3.05, 3.63) is 11.6 Å². The van der Waals surface area contributed by atoms with Crippen LogP contribution in [-0.4, -0.2) is 51.3 Å². The summed E-state index contributed by atoms with van der Waals surface area (Å²) in [5.74, 6) is 2.51. The third kappa shape index (κ3) is 3.18. The number of nitrogens with zero attached hydrogens (tertiary/aromatic N) is 5. The van der Waals surface area contributed by atoms with Gasteiger partial charge in [0.1, 0.15) is 12.4 Å². The summed E-state index contributed by atoms with van der Waals surface area (Å²) in [7, 11) is 0. The zero-order valence-corrected chi connectivity index (χ0v) is 12.8. The SMILES string of the molecule is CCN1CCCC1CNC(N)=NCc1nnc2n1CCC2. The lowest BCUT2D eigenvalue weighted by molar-refractivity contribution is 0.267. The molecule has 0 aliphatic carbocycles. The van der Waals surface area contributed by atoms with Crippen LogP contribution in [0.1, 0.15) is 37.8 Å². The Morgan fingerprint density at radius 3 is 3.14 bits per heavy atom. The second-order valence-corrected chi connectivity index (χ2v) is 5.79. The molecule has 116 valence electrons. The normalized spacial score (nSPS) is 22.7. The lowest BCUT2D eigenvalue weighted by Crippen LogP contribution is -2.42. The zero-order chi connectivity index (χ0) is 14.7. The number of hydrogen-bond acceptors (Lipinski definition) is 4. The minimum atomic E-state index is 0.508. The van der Waals surface area contributed by atoms with E-state index in [9.17, 15) is 0 Å². The number of guanidine groups is 1. The largest absolute Gasteiger partial charge is 0.370 e. The Morgan fingerprint density at radius 2 is 2.29 bits per heavy atom. The summed E-state index contributed by atoms with van der Waals surface area (Å²) in [5, 5.41) is 11.6. The molecule has 2 aliphatic heterocycles. The van der Waals surface area contributed by atoms with Gasteiger partial charge in [-0.2, -0.15) is 0 Å². The highest BCUT2D eigenvalue weighted by atomic mass is 15.3. The summed E-state index contributed by atoms with van der Waals surface area (Å²) < 4.78 is 2.16. The van der Waals surface area contributed by atoms with Crippen LogP contribution >= 0.6 is 0 Å². The number of aromatic nitrogens is 3. The first-order valence-corrected chi connectivity index (χ1v) is 7.96. The predicted molar refractivity (Wildman–Crippen MR) is 81.9 cm³/mol. The Hall–Kier alpha value is -1.63. The average molecular weight is 291 g/mol. The van der Waals surface area contributed by atoms with E-state index in [1.54, 1.807) is 0 Å². The Bertz CT molecular complexity index is 507. The summed E-state index contributed by atoms with van der Waals surface area (Å²) >= 11 is 0. The van der Waals surface area contributed by atoms with Crippen LogP contribution in [0.2, 0.25) is 0 Å². The maximum atomic E-state index is 5.96. The zero-order valence-electron chi connectivity index (χ0n) is 12.8. The number of fused-ring (bicyclic) bond motifs is 1. The standard InChI is InChI=1S/C14H25N7/c1-2-20-7-3-5-11(20)9-16-14(15)17-10-13-19-18-12-6-4-8-21(12)13/h11H,2-10H2,1H3,(H3,15,16,17).